The molecule has 1 atom stereocenters. The molecule has 0 spiro atoms. The Labute approximate surface area is 168 Å². The summed E-state index contributed by atoms with van der Waals surface area (Å²) in [5.41, 5.74) is 4.53. The van der Waals surface area contributed by atoms with Crippen molar-refractivity contribution in [3.63, 3.8) is 0 Å². The second kappa shape index (κ2) is 7.88. The first-order valence-electron chi connectivity index (χ1n) is 9.24. The van der Waals surface area contributed by atoms with Crippen LogP contribution in [0.2, 0.25) is 0 Å². The third-order valence-electron chi connectivity index (χ3n) is 4.81. The quantitative estimate of drug-likeness (QED) is 0.361. The molecule has 0 aliphatic carbocycles. The van der Waals surface area contributed by atoms with Crippen LogP contribution < -0.4 is 0 Å². The normalized spacial score (nSPS) is 15.2. The van der Waals surface area contributed by atoms with Crippen LogP contribution in [0.5, 0.6) is 0 Å². The minimum absolute atomic E-state index is 0.144. The van der Waals surface area contributed by atoms with Gasteiger partial charge in [0.15, 0.2) is 0 Å². The van der Waals surface area contributed by atoms with Crippen LogP contribution in [-0.4, -0.2) is 16.2 Å². The number of carbonyl (C=O) groups excluding carboxylic acids is 1. The molecule has 1 aliphatic heterocycles. The van der Waals surface area contributed by atoms with E-state index in [4.69, 9.17) is 6.42 Å². The SMILES string of the molecule is C#CCCCSC1Sc2ccccc2-c2c1c1ccccc1n2C(=O)CC. The summed E-state index contributed by atoms with van der Waals surface area (Å²) in [4.78, 5) is 14.1. The van der Waals surface area contributed by atoms with Crippen molar-refractivity contribution in [2.75, 3.05) is 5.75 Å². The van der Waals surface area contributed by atoms with Crippen LogP contribution in [0.4, 0.5) is 0 Å². The van der Waals surface area contributed by atoms with E-state index in [0.717, 1.165) is 35.4 Å². The molecule has 0 fully saturated rings. The van der Waals surface area contributed by atoms with Crippen molar-refractivity contribution in [1.29, 1.82) is 0 Å². The van der Waals surface area contributed by atoms with Gasteiger partial charge in [-0.15, -0.1) is 35.9 Å². The zero-order valence-electron chi connectivity index (χ0n) is 15.3. The van der Waals surface area contributed by atoms with Crippen LogP contribution in [0.25, 0.3) is 22.2 Å². The summed E-state index contributed by atoms with van der Waals surface area (Å²) in [6.07, 6.45) is 7.72. The van der Waals surface area contributed by atoms with E-state index in [9.17, 15) is 4.79 Å². The molecule has 1 aliphatic rings. The molecule has 0 radical (unpaired) electrons. The number of thioether (sulfide) groups is 2. The molecular formula is C23H21NOS2. The van der Waals surface area contributed by atoms with Gasteiger partial charge in [0.25, 0.3) is 0 Å². The first-order chi connectivity index (χ1) is 13.3. The summed E-state index contributed by atoms with van der Waals surface area (Å²) < 4.78 is 2.21. The van der Waals surface area contributed by atoms with Crippen molar-refractivity contribution in [3.05, 3.63) is 54.1 Å². The highest BCUT2D eigenvalue weighted by molar-refractivity contribution is 8.16. The van der Waals surface area contributed by atoms with Crippen molar-refractivity contribution >= 4 is 40.3 Å². The number of para-hydroxylation sites is 1. The van der Waals surface area contributed by atoms with Crippen LogP contribution in [0.3, 0.4) is 0 Å². The van der Waals surface area contributed by atoms with E-state index < -0.39 is 0 Å². The molecular weight excluding hydrogens is 370 g/mol. The van der Waals surface area contributed by atoms with Gasteiger partial charge in [-0.2, -0.15) is 0 Å². The Bertz CT molecular complexity index is 1040. The topological polar surface area (TPSA) is 22.0 Å². The highest BCUT2D eigenvalue weighted by atomic mass is 32.2. The number of unbranched alkanes of at least 4 members (excludes halogenated alkanes) is 1. The summed E-state index contributed by atoms with van der Waals surface area (Å²) in [5, 5.41) is 1.19. The first kappa shape index (κ1) is 18.3. The Morgan fingerprint density at radius 3 is 2.81 bits per heavy atom. The van der Waals surface area contributed by atoms with Gasteiger partial charge in [0, 0.05) is 34.3 Å². The summed E-state index contributed by atoms with van der Waals surface area (Å²) >= 11 is 3.83. The molecule has 0 bridgehead atoms. The molecule has 0 saturated heterocycles. The lowest BCUT2D eigenvalue weighted by molar-refractivity contribution is 0.0916. The van der Waals surface area contributed by atoms with E-state index in [1.165, 1.54) is 15.8 Å². The van der Waals surface area contributed by atoms with E-state index in [0.29, 0.717) is 6.42 Å². The highest BCUT2D eigenvalue weighted by Gasteiger charge is 2.33. The van der Waals surface area contributed by atoms with E-state index >= 15 is 0 Å². The zero-order valence-corrected chi connectivity index (χ0v) is 16.9. The van der Waals surface area contributed by atoms with Crippen molar-refractivity contribution < 1.29 is 4.79 Å². The van der Waals surface area contributed by atoms with Crippen LogP contribution in [0, 0.1) is 12.3 Å². The summed E-state index contributed by atoms with van der Waals surface area (Å²) in [6, 6.07) is 16.7. The van der Waals surface area contributed by atoms with Gasteiger partial charge in [-0.3, -0.25) is 9.36 Å². The molecule has 136 valence electrons. The fourth-order valence-corrected chi connectivity index (χ4v) is 6.45. The Morgan fingerprint density at radius 2 is 2.00 bits per heavy atom. The van der Waals surface area contributed by atoms with Gasteiger partial charge in [-0.05, 0) is 24.3 Å². The van der Waals surface area contributed by atoms with Gasteiger partial charge < -0.3 is 0 Å². The summed E-state index contributed by atoms with van der Waals surface area (Å²) in [5.74, 6) is 3.89. The highest BCUT2D eigenvalue weighted by Crippen LogP contribution is 2.56. The van der Waals surface area contributed by atoms with E-state index in [2.05, 4.69) is 48.4 Å². The Hall–Kier alpha value is -2.09. The Morgan fingerprint density at radius 1 is 1.22 bits per heavy atom. The molecule has 3 aromatic rings. The molecule has 2 heterocycles. The fraction of sp³-hybridized carbons (Fsp3) is 0.261. The van der Waals surface area contributed by atoms with Gasteiger partial charge in [-0.1, -0.05) is 43.3 Å². The molecule has 27 heavy (non-hydrogen) atoms. The van der Waals surface area contributed by atoms with Crippen molar-refractivity contribution in [3.8, 4) is 23.6 Å². The molecule has 1 unspecified atom stereocenters. The average molecular weight is 392 g/mol. The van der Waals surface area contributed by atoms with E-state index in [-0.39, 0.29) is 10.5 Å². The predicted molar refractivity (Wildman–Crippen MR) is 117 cm³/mol. The molecule has 0 saturated carbocycles. The molecule has 2 aromatic carbocycles. The fourth-order valence-electron chi connectivity index (χ4n) is 3.61. The monoisotopic (exact) mass is 391 g/mol. The van der Waals surface area contributed by atoms with Gasteiger partial charge in [0.2, 0.25) is 5.91 Å². The number of hydrogen-bond acceptors (Lipinski definition) is 3. The number of benzene rings is 2. The number of carbonyl (C=O) groups is 1. The first-order valence-corrected chi connectivity index (χ1v) is 11.2. The molecule has 0 amide bonds. The number of nitrogens with zero attached hydrogens (tertiary/aromatic N) is 1. The van der Waals surface area contributed by atoms with Crippen LogP contribution in [-0.2, 0) is 0 Å². The van der Waals surface area contributed by atoms with Crippen molar-refractivity contribution in [2.24, 2.45) is 0 Å². The second-order valence-corrected chi connectivity index (χ2v) is 9.14. The average Bonchev–Trinajstić information content (AvgIpc) is 3.06. The van der Waals surface area contributed by atoms with E-state index in [1.54, 1.807) is 0 Å². The van der Waals surface area contributed by atoms with Gasteiger partial charge >= 0.3 is 0 Å². The minimum Gasteiger partial charge on any atom is -0.279 e. The largest absolute Gasteiger partial charge is 0.279 e. The van der Waals surface area contributed by atoms with Crippen LogP contribution in [0.15, 0.2) is 53.4 Å². The molecule has 4 rings (SSSR count). The minimum atomic E-state index is 0.144. The molecule has 2 nitrogen and oxygen atoms in total. The number of aromatic nitrogens is 1. The van der Waals surface area contributed by atoms with Crippen molar-refractivity contribution in [1.82, 2.24) is 4.57 Å². The van der Waals surface area contributed by atoms with E-state index in [1.807, 2.05) is 41.1 Å². The van der Waals surface area contributed by atoms with Crippen molar-refractivity contribution in [2.45, 2.75) is 35.7 Å². The predicted octanol–water partition coefficient (Wildman–Crippen LogP) is 6.61. The lowest BCUT2D eigenvalue weighted by atomic mass is 10.1. The molecule has 4 heteroatoms. The molecule has 0 N–H and O–H groups in total. The second-order valence-electron chi connectivity index (χ2n) is 6.49. The lowest BCUT2D eigenvalue weighted by Crippen LogP contribution is -2.12. The van der Waals surface area contributed by atoms with Crippen LogP contribution >= 0.6 is 23.5 Å². The Kier molecular flexibility index (Phi) is 5.33. The number of fused-ring (bicyclic) bond motifs is 5. The lowest BCUT2D eigenvalue weighted by Gasteiger charge is -2.26. The molecule has 1 aromatic heterocycles. The standard InChI is InChI=1S/C23H21NOS2/c1-3-5-10-15-26-23-21-16-11-6-8-13-18(16)24(20(25)4-2)22(21)17-12-7-9-14-19(17)27-23/h1,6-9,11-14,23H,4-5,10,15H2,2H3. The maximum absolute atomic E-state index is 12.9. The maximum atomic E-state index is 12.9. The van der Waals surface area contributed by atoms with Gasteiger partial charge in [-0.25, -0.2) is 0 Å². The van der Waals surface area contributed by atoms with Crippen LogP contribution in [0.1, 0.15) is 41.1 Å². The third-order valence-corrected chi connectivity index (χ3v) is 7.63. The summed E-state index contributed by atoms with van der Waals surface area (Å²) in [6.45, 7) is 1.93. The Balaban J connectivity index is 1.92. The smallest absolute Gasteiger partial charge is 0.231 e. The van der Waals surface area contributed by atoms with Gasteiger partial charge in [0.1, 0.15) is 0 Å². The van der Waals surface area contributed by atoms with Gasteiger partial charge in [0.05, 0.1) is 15.8 Å². The summed E-state index contributed by atoms with van der Waals surface area (Å²) in [7, 11) is 0. The third kappa shape index (κ3) is 3.20. The maximum Gasteiger partial charge on any atom is 0.231 e. The zero-order chi connectivity index (χ0) is 18.8. The number of hydrogen-bond donors (Lipinski definition) is 0. The number of rotatable bonds is 5. The number of terminal acetylenes is 1.